The molecule has 3 aliphatic carbocycles. The van der Waals surface area contributed by atoms with Crippen molar-refractivity contribution in [1.82, 2.24) is 14.6 Å². The Morgan fingerprint density at radius 3 is 2.80 bits per heavy atom. The number of esters is 1. The lowest BCUT2D eigenvalue weighted by Gasteiger charge is -2.47. The molecule has 6 nitrogen and oxygen atoms in total. The second-order valence-electron chi connectivity index (χ2n) is 6.81. The molecule has 25 heavy (non-hydrogen) atoms. The number of nitrogens with one attached hydrogen (secondary N) is 1. The highest BCUT2D eigenvalue weighted by Gasteiger charge is 2.48. The first-order valence-electron chi connectivity index (χ1n) is 8.72. The number of rotatable bonds is 4. The van der Waals surface area contributed by atoms with E-state index in [0.717, 1.165) is 34.9 Å². The average Bonchev–Trinajstić information content (AvgIpc) is 2.97. The van der Waals surface area contributed by atoms with Crippen molar-refractivity contribution in [2.24, 2.45) is 17.8 Å². The molecule has 134 valence electrons. The number of anilines is 1. The topological polar surface area (TPSA) is 68.5 Å². The van der Waals surface area contributed by atoms with Gasteiger partial charge in [0.2, 0.25) is 5.28 Å². The summed E-state index contributed by atoms with van der Waals surface area (Å²) in [5, 5.41) is 7.98. The fourth-order valence-electron chi connectivity index (χ4n) is 4.44. The summed E-state index contributed by atoms with van der Waals surface area (Å²) < 4.78 is 8.11. The minimum atomic E-state index is -0.115. The number of hydrogen-bond acceptors (Lipinski definition) is 5. The Bertz CT molecular complexity index is 803. The average molecular weight is 475 g/mol. The molecule has 2 aromatic heterocycles. The monoisotopic (exact) mass is 474 g/mol. The van der Waals surface area contributed by atoms with E-state index >= 15 is 0 Å². The Hall–Kier alpha value is -1.09. The number of hydrogen-bond donors (Lipinski definition) is 1. The van der Waals surface area contributed by atoms with Gasteiger partial charge in [0.1, 0.15) is 9.22 Å². The minimum absolute atomic E-state index is 0.0360. The van der Waals surface area contributed by atoms with E-state index in [4.69, 9.17) is 16.3 Å². The zero-order valence-corrected chi connectivity index (χ0v) is 16.8. The molecule has 1 N–H and O–H groups in total. The number of nitrogens with zero attached hydrogens (tertiary/aromatic N) is 3. The molecular weight excluding hydrogens is 455 g/mol. The number of carbonyl (C=O) groups excluding carboxylic acids is 1. The lowest BCUT2D eigenvalue weighted by atomic mass is 9.61. The number of fused-ring (bicyclic) bond motifs is 4. The molecule has 0 aromatic carbocycles. The van der Waals surface area contributed by atoms with E-state index in [-0.39, 0.29) is 23.2 Å². The molecule has 8 heteroatoms. The van der Waals surface area contributed by atoms with Crippen LogP contribution in [0.1, 0.15) is 32.6 Å². The van der Waals surface area contributed by atoms with Gasteiger partial charge in [-0.05, 0) is 90.8 Å². The standard InChI is InChI=1S/C17H20ClIN4O2/c1-2-25-16(24)13-9-3-5-10(6-4-9)14(13)20-15-11-7-8-12(19)23(11)22-17(18)21-15/h7-10,13-14H,2-6H2,1H3,(H,20,21,22). The van der Waals surface area contributed by atoms with Gasteiger partial charge in [-0.1, -0.05) is 0 Å². The molecule has 2 unspecified atom stereocenters. The highest BCUT2D eigenvalue weighted by molar-refractivity contribution is 14.1. The van der Waals surface area contributed by atoms with Crippen LogP contribution in [0.2, 0.25) is 5.28 Å². The zero-order valence-electron chi connectivity index (χ0n) is 13.9. The second kappa shape index (κ2) is 6.90. The third kappa shape index (κ3) is 3.09. The van der Waals surface area contributed by atoms with Crippen LogP contribution in [0.3, 0.4) is 0 Å². The highest BCUT2D eigenvalue weighted by Crippen LogP contribution is 2.47. The Morgan fingerprint density at radius 1 is 1.36 bits per heavy atom. The summed E-state index contributed by atoms with van der Waals surface area (Å²) in [6, 6.07) is 3.98. The molecule has 3 saturated carbocycles. The van der Waals surface area contributed by atoms with Crippen molar-refractivity contribution in [2.45, 2.75) is 38.6 Å². The first-order chi connectivity index (χ1) is 12.1. The molecule has 2 heterocycles. The van der Waals surface area contributed by atoms with Crippen molar-refractivity contribution in [3.63, 3.8) is 0 Å². The molecule has 2 bridgehead atoms. The van der Waals surface area contributed by atoms with Gasteiger partial charge < -0.3 is 10.1 Å². The lowest BCUT2D eigenvalue weighted by Crippen LogP contribution is -2.52. The van der Waals surface area contributed by atoms with Crippen molar-refractivity contribution < 1.29 is 9.53 Å². The van der Waals surface area contributed by atoms with E-state index in [9.17, 15) is 4.79 Å². The number of halogens is 2. The number of aromatic nitrogens is 3. The third-order valence-corrected chi connectivity index (χ3v) is 6.50. The predicted molar refractivity (Wildman–Crippen MR) is 104 cm³/mol. The van der Waals surface area contributed by atoms with Crippen molar-refractivity contribution in [1.29, 1.82) is 0 Å². The molecular formula is C17H20ClIN4O2. The first-order valence-corrected chi connectivity index (χ1v) is 10.2. The van der Waals surface area contributed by atoms with Crippen LogP contribution in [0.15, 0.2) is 12.1 Å². The zero-order chi connectivity index (χ0) is 17.6. The quantitative estimate of drug-likeness (QED) is 0.540. The largest absolute Gasteiger partial charge is 0.466 e. The van der Waals surface area contributed by atoms with Gasteiger partial charge in [-0.15, -0.1) is 5.10 Å². The molecule has 2 atom stereocenters. The highest BCUT2D eigenvalue weighted by atomic mass is 127. The molecule has 0 spiro atoms. The molecule has 3 aliphatic rings. The van der Waals surface area contributed by atoms with Gasteiger partial charge in [0.05, 0.1) is 12.5 Å². The molecule has 0 saturated heterocycles. The van der Waals surface area contributed by atoms with E-state index in [0.29, 0.717) is 24.3 Å². The van der Waals surface area contributed by atoms with Gasteiger partial charge in [-0.3, -0.25) is 4.79 Å². The molecule has 2 aromatic rings. The summed E-state index contributed by atoms with van der Waals surface area (Å²) in [7, 11) is 0. The Balaban J connectivity index is 1.69. The van der Waals surface area contributed by atoms with Crippen LogP contribution in [-0.4, -0.2) is 33.2 Å². The van der Waals surface area contributed by atoms with Crippen LogP contribution in [0, 0.1) is 21.5 Å². The summed E-state index contributed by atoms with van der Waals surface area (Å²) in [6.45, 7) is 2.28. The fraction of sp³-hybridized carbons (Fsp3) is 0.588. The summed E-state index contributed by atoms with van der Waals surface area (Å²) in [6.07, 6.45) is 4.50. The molecule has 0 aliphatic heterocycles. The molecule has 0 radical (unpaired) electrons. The maximum atomic E-state index is 12.6. The predicted octanol–water partition coefficient (Wildman–Crippen LogP) is 3.77. The van der Waals surface area contributed by atoms with E-state index in [2.05, 4.69) is 38.0 Å². The summed E-state index contributed by atoms with van der Waals surface area (Å²) in [5.41, 5.74) is 0.873. The van der Waals surface area contributed by atoms with Gasteiger partial charge >= 0.3 is 5.97 Å². The van der Waals surface area contributed by atoms with Crippen LogP contribution in [0.25, 0.3) is 5.52 Å². The van der Waals surface area contributed by atoms with Crippen LogP contribution in [0.4, 0.5) is 5.82 Å². The van der Waals surface area contributed by atoms with Crippen LogP contribution < -0.4 is 5.32 Å². The van der Waals surface area contributed by atoms with Gasteiger partial charge in [0.15, 0.2) is 5.82 Å². The van der Waals surface area contributed by atoms with Gasteiger partial charge in [-0.25, -0.2) is 4.52 Å². The first kappa shape index (κ1) is 17.3. The van der Waals surface area contributed by atoms with Crippen LogP contribution in [-0.2, 0) is 9.53 Å². The normalized spacial score (nSPS) is 28.3. The molecule has 0 amide bonds. The summed E-state index contributed by atoms with van der Waals surface area (Å²) >= 11 is 8.33. The summed E-state index contributed by atoms with van der Waals surface area (Å²) in [4.78, 5) is 17.0. The maximum absolute atomic E-state index is 12.6. The Labute approximate surface area is 164 Å². The van der Waals surface area contributed by atoms with Gasteiger partial charge in [-0.2, -0.15) is 4.98 Å². The van der Waals surface area contributed by atoms with Gasteiger partial charge in [0, 0.05) is 6.04 Å². The minimum Gasteiger partial charge on any atom is -0.466 e. The lowest BCUT2D eigenvalue weighted by molar-refractivity contribution is -0.154. The molecule has 3 fully saturated rings. The van der Waals surface area contributed by atoms with E-state index in [1.807, 2.05) is 19.1 Å². The maximum Gasteiger partial charge on any atom is 0.311 e. The SMILES string of the molecule is CCOC(=O)C1C2CCC(CC2)C1Nc1nc(Cl)nn2c(I)ccc12. The Morgan fingerprint density at radius 2 is 2.08 bits per heavy atom. The van der Waals surface area contributed by atoms with Crippen molar-refractivity contribution in [3.8, 4) is 0 Å². The fourth-order valence-corrected chi connectivity index (χ4v) is 5.15. The molecule has 5 rings (SSSR count). The second-order valence-corrected chi connectivity index (χ2v) is 8.25. The number of ether oxygens (including phenoxy) is 1. The van der Waals surface area contributed by atoms with E-state index in [1.165, 1.54) is 0 Å². The number of carbonyl (C=O) groups is 1. The van der Waals surface area contributed by atoms with E-state index < -0.39 is 0 Å². The van der Waals surface area contributed by atoms with Crippen LogP contribution in [0.5, 0.6) is 0 Å². The van der Waals surface area contributed by atoms with Gasteiger partial charge in [0.25, 0.3) is 0 Å². The summed E-state index contributed by atoms with van der Waals surface area (Å²) in [5.74, 6) is 1.34. The smallest absolute Gasteiger partial charge is 0.311 e. The van der Waals surface area contributed by atoms with Crippen molar-refractivity contribution in [3.05, 3.63) is 21.1 Å². The van der Waals surface area contributed by atoms with E-state index in [1.54, 1.807) is 4.52 Å². The third-order valence-electron chi connectivity index (χ3n) is 5.52. The van der Waals surface area contributed by atoms with Crippen molar-refractivity contribution in [2.75, 3.05) is 11.9 Å². The van der Waals surface area contributed by atoms with Crippen LogP contribution >= 0.6 is 34.2 Å². The Kier molecular flexibility index (Phi) is 4.79. The van der Waals surface area contributed by atoms with Crippen molar-refractivity contribution >= 4 is 51.5 Å².